The van der Waals surface area contributed by atoms with Gasteiger partial charge in [-0.25, -0.2) is 0 Å². The van der Waals surface area contributed by atoms with Crippen molar-refractivity contribution in [1.29, 1.82) is 0 Å². The Morgan fingerprint density at radius 1 is 0.652 bits per heavy atom. The van der Waals surface area contributed by atoms with Crippen LogP contribution in [-0.4, -0.2) is 90.8 Å². The van der Waals surface area contributed by atoms with Crippen LogP contribution in [0.5, 0.6) is 0 Å². The quantitative estimate of drug-likeness (QED) is 0.177. The lowest BCUT2D eigenvalue weighted by atomic mass is 9.97. The minimum atomic E-state index is 0.546. The highest BCUT2D eigenvalue weighted by Gasteiger charge is 2.13. The number of hydrogen-bond acceptors (Lipinski definition) is 7. The van der Waals surface area contributed by atoms with Gasteiger partial charge in [-0.3, -0.25) is 0 Å². The van der Waals surface area contributed by atoms with Crippen LogP contribution < -0.4 is 15.5 Å². The maximum Gasteiger partial charge on any atom is 0.170 e. The van der Waals surface area contributed by atoms with Crippen molar-refractivity contribution >= 4 is 50.2 Å². The Hall–Kier alpha value is -3.31. The molecule has 4 aromatic carbocycles. The lowest BCUT2D eigenvalue weighted by Crippen LogP contribution is -2.32. The molecule has 0 aromatic heterocycles. The first-order valence-electron chi connectivity index (χ1n) is 16.5. The lowest BCUT2D eigenvalue weighted by Gasteiger charge is -2.26. The molecule has 0 unspecified atom stereocenters. The van der Waals surface area contributed by atoms with E-state index in [1.54, 1.807) is 0 Å². The molecule has 0 saturated carbocycles. The zero-order valence-electron chi connectivity index (χ0n) is 26.9. The van der Waals surface area contributed by atoms with E-state index in [-0.39, 0.29) is 0 Å². The molecule has 9 heteroatoms. The second-order valence-electron chi connectivity index (χ2n) is 11.2. The summed E-state index contributed by atoms with van der Waals surface area (Å²) in [5.41, 5.74) is 4.48. The highest BCUT2D eigenvalue weighted by atomic mass is 32.1. The third-order valence-corrected chi connectivity index (χ3v) is 8.22. The van der Waals surface area contributed by atoms with E-state index >= 15 is 0 Å². The van der Waals surface area contributed by atoms with Crippen LogP contribution >= 0.6 is 12.2 Å². The van der Waals surface area contributed by atoms with E-state index in [9.17, 15) is 0 Å². The van der Waals surface area contributed by atoms with Crippen molar-refractivity contribution in [2.75, 3.05) is 95.9 Å². The average Bonchev–Trinajstić information content (AvgIpc) is 3.08. The number of nitrogens with one attached hydrogen (secondary N) is 2. The van der Waals surface area contributed by atoms with Gasteiger partial charge in [-0.2, -0.15) is 0 Å². The normalized spacial score (nSPS) is 16.5. The molecule has 46 heavy (non-hydrogen) atoms. The fourth-order valence-corrected chi connectivity index (χ4v) is 5.71. The lowest BCUT2D eigenvalue weighted by molar-refractivity contribution is -0.0116. The van der Waals surface area contributed by atoms with Crippen molar-refractivity contribution < 1.29 is 23.7 Å². The Morgan fingerprint density at radius 3 is 1.76 bits per heavy atom. The standard InChI is InChI=1S/C37H47N3O5S/c1-2-3-14-38-37(46)39-35-8-4-6-29-10-12-31(27-33(29)35)32-13-11-30-7-5-9-36(34(30)28-32)40-15-17-41-19-21-43-23-25-45-26-24-44-22-20-42-18-16-40/h4-13,27-28H,2-3,14-26H2,1H3,(H2,38,39,46). The van der Waals surface area contributed by atoms with Crippen LogP contribution in [0.1, 0.15) is 19.8 Å². The first-order chi connectivity index (χ1) is 22.7. The summed E-state index contributed by atoms with van der Waals surface area (Å²) in [5, 5.41) is 12.1. The molecule has 246 valence electrons. The summed E-state index contributed by atoms with van der Waals surface area (Å²) in [7, 11) is 0. The number of fused-ring (bicyclic) bond motifs is 2. The Bertz CT molecular complexity index is 1520. The van der Waals surface area contributed by atoms with Crippen molar-refractivity contribution in [3.63, 3.8) is 0 Å². The number of benzene rings is 4. The fourth-order valence-electron chi connectivity index (χ4n) is 5.50. The van der Waals surface area contributed by atoms with Gasteiger partial charge in [0, 0.05) is 41.8 Å². The molecule has 8 nitrogen and oxygen atoms in total. The van der Waals surface area contributed by atoms with E-state index in [2.05, 4.69) is 95.3 Å². The highest BCUT2D eigenvalue weighted by Crippen LogP contribution is 2.34. The van der Waals surface area contributed by atoms with Crippen LogP contribution in [0.3, 0.4) is 0 Å². The predicted octanol–water partition coefficient (Wildman–Crippen LogP) is 6.65. The maximum atomic E-state index is 5.95. The van der Waals surface area contributed by atoms with Gasteiger partial charge in [0.1, 0.15) is 0 Å². The monoisotopic (exact) mass is 645 g/mol. The molecule has 0 spiro atoms. The molecule has 0 aliphatic carbocycles. The third kappa shape index (κ3) is 10.1. The predicted molar refractivity (Wildman–Crippen MR) is 192 cm³/mol. The van der Waals surface area contributed by atoms with E-state index in [1.807, 2.05) is 0 Å². The molecule has 5 rings (SSSR count). The molecule has 0 atom stereocenters. The topological polar surface area (TPSA) is 73.5 Å². The van der Waals surface area contributed by atoms with Gasteiger partial charge in [-0.15, -0.1) is 0 Å². The first kappa shape index (κ1) is 34.0. The van der Waals surface area contributed by atoms with Crippen molar-refractivity contribution in [2.45, 2.75) is 19.8 Å². The number of unbranched alkanes of at least 4 members (excludes halogenated alkanes) is 1. The summed E-state index contributed by atoms with van der Waals surface area (Å²) in [6, 6.07) is 26.1. The Balaban J connectivity index is 1.37. The number of thiocarbonyl (C=S) groups is 1. The zero-order valence-corrected chi connectivity index (χ0v) is 27.7. The summed E-state index contributed by atoms with van der Waals surface area (Å²) < 4.78 is 28.7. The Kier molecular flexibility index (Phi) is 13.9. The number of hydrogen-bond donors (Lipinski definition) is 2. The maximum absolute atomic E-state index is 5.95. The van der Waals surface area contributed by atoms with Gasteiger partial charge in [-0.05, 0) is 64.8 Å². The van der Waals surface area contributed by atoms with E-state index in [0.717, 1.165) is 60.4 Å². The summed E-state index contributed by atoms with van der Waals surface area (Å²) in [4.78, 5) is 2.36. The second-order valence-corrected chi connectivity index (χ2v) is 11.6. The van der Waals surface area contributed by atoms with Gasteiger partial charge < -0.3 is 39.2 Å². The van der Waals surface area contributed by atoms with Crippen molar-refractivity contribution in [3.05, 3.63) is 72.8 Å². The number of anilines is 2. The molecule has 1 saturated heterocycles. The molecule has 4 aromatic rings. The summed E-state index contributed by atoms with van der Waals surface area (Å²) in [5.74, 6) is 0. The van der Waals surface area contributed by atoms with Crippen molar-refractivity contribution in [2.24, 2.45) is 0 Å². The van der Waals surface area contributed by atoms with E-state index in [4.69, 9.17) is 35.9 Å². The van der Waals surface area contributed by atoms with E-state index in [0.29, 0.717) is 71.2 Å². The van der Waals surface area contributed by atoms with Gasteiger partial charge in [0.25, 0.3) is 0 Å². The second kappa shape index (κ2) is 18.7. The van der Waals surface area contributed by atoms with Crippen molar-refractivity contribution in [3.8, 4) is 11.1 Å². The van der Waals surface area contributed by atoms with Gasteiger partial charge in [0.05, 0.1) is 66.1 Å². The summed E-state index contributed by atoms with van der Waals surface area (Å²) >= 11 is 5.59. The van der Waals surface area contributed by atoms with Gasteiger partial charge >= 0.3 is 0 Å². The summed E-state index contributed by atoms with van der Waals surface area (Å²) in [6.45, 7) is 10.1. The minimum absolute atomic E-state index is 0.546. The number of ether oxygens (including phenoxy) is 5. The third-order valence-electron chi connectivity index (χ3n) is 7.98. The molecule has 0 radical (unpaired) electrons. The van der Waals surface area contributed by atoms with Crippen LogP contribution in [0.25, 0.3) is 32.7 Å². The Labute approximate surface area is 278 Å². The average molecular weight is 646 g/mol. The SMILES string of the molecule is CCCCNC(=S)Nc1cccc2ccc(-c3ccc4cccc(N5CCOCCOCCOCCOCCOCC5)c4c3)cc12. The van der Waals surface area contributed by atoms with Crippen LogP contribution in [0.2, 0.25) is 0 Å². The highest BCUT2D eigenvalue weighted by molar-refractivity contribution is 7.80. The van der Waals surface area contributed by atoms with Crippen molar-refractivity contribution in [1.82, 2.24) is 5.32 Å². The fraction of sp³-hybridized carbons (Fsp3) is 0.432. The minimum Gasteiger partial charge on any atom is -0.377 e. The van der Waals surface area contributed by atoms with E-state index < -0.39 is 0 Å². The molecular weight excluding hydrogens is 598 g/mol. The van der Waals surface area contributed by atoms with Gasteiger partial charge in [0.15, 0.2) is 5.11 Å². The van der Waals surface area contributed by atoms with Crippen LogP contribution in [0, 0.1) is 0 Å². The first-order valence-corrected chi connectivity index (χ1v) is 16.9. The molecule has 1 aliphatic rings. The zero-order chi connectivity index (χ0) is 31.8. The van der Waals surface area contributed by atoms with Crippen LogP contribution in [-0.2, 0) is 23.7 Å². The number of nitrogens with zero attached hydrogens (tertiary/aromatic N) is 1. The van der Waals surface area contributed by atoms with Gasteiger partial charge in [0.2, 0.25) is 0 Å². The van der Waals surface area contributed by atoms with Crippen LogP contribution in [0.4, 0.5) is 11.4 Å². The largest absolute Gasteiger partial charge is 0.377 e. The van der Waals surface area contributed by atoms with Gasteiger partial charge in [-0.1, -0.05) is 61.9 Å². The molecule has 0 bridgehead atoms. The molecular formula is C37H47N3O5S. The summed E-state index contributed by atoms with van der Waals surface area (Å²) in [6.07, 6.45) is 2.21. The van der Waals surface area contributed by atoms with E-state index in [1.165, 1.54) is 16.2 Å². The molecule has 1 aliphatic heterocycles. The molecule has 1 heterocycles. The molecule has 2 N–H and O–H groups in total. The van der Waals surface area contributed by atoms with Crippen LogP contribution in [0.15, 0.2) is 72.8 Å². The molecule has 0 amide bonds. The Morgan fingerprint density at radius 2 is 1.17 bits per heavy atom. The molecule has 1 fully saturated rings. The smallest absolute Gasteiger partial charge is 0.170 e. The number of rotatable bonds is 6.